The lowest BCUT2D eigenvalue weighted by atomic mass is 10.0. The highest BCUT2D eigenvalue weighted by Crippen LogP contribution is 2.38. The first-order valence-electron chi connectivity index (χ1n) is 10.3. The summed E-state index contributed by atoms with van der Waals surface area (Å²) in [5, 5.41) is 4.38. The van der Waals surface area contributed by atoms with Gasteiger partial charge < -0.3 is 14.4 Å². The summed E-state index contributed by atoms with van der Waals surface area (Å²) in [5.41, 5.74) is 2.97. The molecule has 0 aliphatic carbocycles. The molecule has 1 amide bonds. The van der Waals surface area contributed by atoms with Crippen LogP contribution >= 0.6 is 0 Å². The molecule has 2 aliphatic heterocycles. The van der Waals surface area contributed by atoms with Crippen molar-refractivity contribution in [2.45, 2.75) is 18.9 Å². The molecule has 6 heteroatoms. The second kappa shape index (κ2) is 8.06. The highest BCUT2D eigenvalue weighted by molar-refractivity contribution is 5.92. The Bertz CT molecular complexity index is 1070. The zero-order valence-electron chi connectivity index (χ0n) is 16.6. The van der Waals surface area contributed by atoms with Crippen molar-refractivity contribution in [3.63, 3.8) is 0 Å². The fraction of sp³-hybridized carbons (Fsp3) is 0.250. The van der Waals surface area contributed by atoms with E-state index in [0.29, 0.717) is 13.2 Å². The smallest absolute Gasteiger partial charge is 0.247 e. The van der Waals surface area contributed by atoms with Gasteiger partial charge in [-0.3, -0.25) is 4.79 Å². The summed E-state index contributed by atoms with van der Waals surface area (Å²) in [5.74, 6) is 1.55. The Morgan fingerprint density at radius 3 is 2.77 bits per heavy atom. The summed E-state index contributed by atoms with van der Waals surface area (Å²) in [6.07, 6.45) is 9.09. The number of carbonyl (C=O) groups is 1. The van der Waals surface area contributed by atoms with Crippen LogP contribution in [0.5, 0.6) is 11.5 Å². The van der Waals surface area contributed by atoms with E-state index in [9.17, 15) is 4.79 Å². The molecule has 3 heterocycles. The number of benzene rings is 2. The van der Waals surface area contributed by atoms with Gasteiger partial charge in [-0.1, -0.05) is 24.3 Å². The van der Waals surface area contributed by atoms with Gasteiger partial charge >= 0.3 is 0 Å². The van der Waals surface area contributed by atoms with Crippen LogP contribution in [0.2, 0.25) is 0 Å². The number of ether oxygens (including phenoxy) is 2. The quantitative estimate of drug-likeness (QED) is 0.620. The predicted octanol–water partition coefficient (Wildman–Crippen LogP) is 4.02. The van der Waals surface area contributed by atoms with Gasteiger partial charge in [0.25, 0.3) is 0 Å². The molecule has 2 aromatic carbocycles. The molecule has 5 rings (SSSR count). The molecule has 0 N–H and O–H groups in total. The third-order valence-corrected chi connectivity index (χ3v) is 5.53. The van der Waals surface area contributed by atoms with Gasteiger partial charge in [0.2, 0.25) is 5.91 Å². The third-order valence-electron chi connectivity index (χ3n) is 5.53. The highest BCUT2D eigenvalue weighted by Gasteiger charge is 2.29. The molecule has 1 fully saturated rings. The van der Waals surface area contributed by atoms with E-state index in [1.807, 2.05) is 65.7 Å². The van der Waals surface area contributed by atoms with Crippen LogP contribution in [0.25, 0.3) is 11.8 Å². The first kappa shape index (κ1) is 18.5. The van der Waals surface area contributed by atoms with Crippen molar-refractivity contribution < 1.29 is 14.3 Å². The number of aromatic nitrogens is 2. The van der Waals surface area contributed by atoms with Gasteiger partial charge in [0, 0.05) is 24.4 Å². The molecule has 2 aliphatic rings. The van der Waals surface area contributed by atoms with Crippen molar-refractivity contribution in [2.24, 2.45) is 0 Å². The van der Waals surface area contributed by atoms with Crippen molar-refractivity contribution in [3.05, 3.63) is 78.1 Å². The van der Waals surface area contributed by atoms with Crippen molar-refractivity contribution in [2.75, 3.05) is 19.8 Å². The number of para-hydroxylation sites is 1. The predicted molar refractivity (Wildman–Crippen MR) is 114 cm³/mol. The molecule has 152 valence electrons. The molecule has 0 bridgehead atoms. The summed E-state index contributed by atoms with van der Waals surface area (Å²) < 4.78 is 13.1. The fourth-order valence-corrected chi connectivity index (χ4v) is 4.05. The summed E-state index contributed by atoms with van der Waals surface area (Å²) in [4.78, 5) is 14.9. The average Bonchev–Trinajstić information content (AvgIpc) is 3.48. The van der Waals surface area contributed by atoms with E-state index in [4.69, 9.17) is 9.47 Å². The molecule has 0 saturated carbocycles. The Morgan fingerprint density at radius 1 is 1.07 bits per heavy atom. The van der Waals surface area contributed by atoms with E-state index in [1.54, 1.807) is 17.0 Å². The van der Waals surface area contributed by atoms with Gasteiger partial charge in [0.05, 0.1) is 17.9 Å². The second-order valence-electron chi connectivity index (χ2n) is 7.48. The van der Waals surface area contributed by atoms with Crippen LogP contribution in [-0.4, -0.2) is 40.3 Å². The Balaban J connectivity index is 1.30. The van der Waals surface area contributed by atoms with Gasteiger partial charge in [-0.15, -0.1) is 0 Å². The second-order valence-corrected chi connectivity index (χ2v) is 7.48. The maximum absolute atomic E-state index is 12.9. The Morgan fingerprint density at radius 2 is 1.90 bits per heavy atom. The van der Waals surface area contributed by atoms with Crippen LogP contribution in [0.4, 0.5) is 0 Å². The molecule has 0 radical (unpaired) electrons. The van der Waals surface area contributed by atoms with Crippen molar-refractivity contribution >= 4 is 12.0 Å². The number of rotatable bonds is 4. The standard InChI is InChI=1S/C24H23N3O3/c28-24(11-8-18-16-25-27(17-18)20-5-2-1-3-6-20)26-12-4-7-21(26)19-9-10-22-23(15-19)30-14-13-29-22/h1-3,5-6,8-11,15-17,21H,4,7,12-14H2/b11-8+. The van der Waals surface area contributed by atoms with Crippen molar-refractivity contribution in [1.82, 2.24) is 14.7 Å². The van der Waals surface area contributed by atoms with E-state index in [1.165, 1.54) is 0 Å². The zero-order chi connectivity index (χ0) is 20.3. The fourth-order valence-electron chi connectivity index (χ4n) is 4.05. The van der Waals surface area contributed by atoms with E-state index in [2.05, 4.69) is 5.10 Å². The minimum absolute atomic E-state index is 0.0138. The van der Waals surface area contributed by atoms with Crippen LogP contribution in [0.15, 0.2) is 67.0 Å². The first-order valence-corrected chi connectivity index (χ1v) is 10.3. The topological polar surface area (TPSA) is 56.6 Å². The normalized spacial score (nSPS) is 18.1. The van der Waals surface area contributed by atoms with Gasteiger partial charge in [-0.05, 0) is 48.7 Å². The van der Waals surface area contributed by atoms with Crippen LogP contribution in [0.3, 0.4) is 0 Å². The monoisotopic (exact) mass is 401 g/mol. The van der Waals surface area contributed by atoms with Gasteiger partial charge in [-0.2, -0.15) is 5.10 Å². The summed E-state index contributed by atoms with van der Waals surface area (Å²) in [6, 6.07) is 16.0. The van der Waals surface area contributed by atoms with Gasteiger partial charge in [-0.25, -0.2) is 4.68 Å². The molecule has 1 unspecified atom stereocenters. The Labute approximate surface area is 175 Å². The number of carbonyl (C=O) groups excluding carboxylic acids is 1. The minimum atomic E-state index is 0.0138. The molecule has 3 aromatic rings. The van der Waals surface area contributed by atoms with Crippen molar-refractivity contribution in [3.8, 4) is 17.2 Å². The molecule has 1 aromatic heterocycles. The maximum atomic E-state index is 12.9. The summed E-state index contributed by atoms with van der Waals surface area (Å²) in [7, 11) is 0. The zero-order valence-corrected chi connectivity index (χ0v) is 16.6. The molecular formula is C24H23N3O3. The average molecular weight is 401 g/mol. The largest absolute Gasteiger partial charge is 0.486 e. The van der Waals surface area contributed by atoms with E-state index in [0.717, 1.165) is 47.7 Å². The summed E-state index contributed by atoms with van der Waals surface area (Å²) >= 11 is 0. The maximum Gasteiger partial charge on any atom is 0.247 e. The SMILES string of the molecule is O=C(/C=C/c1cnn(-c2ccccc2)c1)N1CCCC1c1ccc2c(c1)OCCO2. The van der Waals surface area contributed by atoms with Gasteiger partial charge in [0.15, 0.2) is 11.5 Å². The van der Waals surface area contributed by atoms with Gasteiger partial charge in [0.1, 0.15) is 13.2 Å². The molecule has 0 spiro atoms. The van der Waals surface area contributed by atoms with Crippen LogP contribution in [0, 0.1) is 0 Å². The molecule has 1 saturated heterocycles. The highest BCUT2D eigenvalue weighted by atomic mass is 16.6. The van der Waals surface area contributed by atoms with Crippen molar-refractivity contribution in [1.29, 1.82) is 0 Å². The lowest BCUT2D eigenvalue weighted by Gasteiger charge is -2.26. The first-order chi connectivity index (χ1) is 14.8. The van der Waals surface area contributed by atoms with Crippen LogP contribution < -0.4 is 9.47 Å². The lowest BCUT2D eigenvalue weighted by Crippen LogP contribution is -2.29. The number of hydrogen-bond donors (Lipinski definition) is 0. The number of fused-ring (bicyclic) bond motifs is 1. The minimum Gasteiger partial charge on any atom is -0.486 e. The number of amides is 1. The van der Waals surface area contributed by atoms with Crippen LogP contribution in [0.1, 0.15) is 30.0 Å². The lowest BCUT2D eigenvalue weighted by molar-refractivity contribution is -0.126. The number of likely N-dealkylation sites (tertiary alicyclic amines) is 1. The Kier molecular flexibility index (Phi) is 4.97. The third kappa shape index (κ3) is 3.68. The molecular weight excluding hydrogens is 378 g/mol. The molecule has 30 heavy (non-hydrogen) atoms. The number of nitrogens with zero attached hydrogens (tertiary/aromatic N) is 3. The molecule has 6 nitrogen and oxygen atoms in total. The number of hydrogen-bond acceptors (Lipinski definition) is 4. The summed E-state index contributed by atoms with van der Waals surface area (Å²) in [6.45, 7) is 1.89. The molecule has 1 atom stereocenters. The van der Waals surface area contributed by atoms with Crippen LogP contribution in [-0.2, 0) is 4.79 Å². The van der Waals surface area contributed by atoms with E-state index >= 15 is 0 Å². The van der Waals surface area contributed by atoms with E-state index in [-0.39, 0.29) is 11.9 Å². The van der Waals surface area contributed by atoms with E-state index < -0.39 is 0 Å². The Hall–Kier alpha value is -3.54.